The largest absolute Gasteiger partial charge is 0.466 e. The highest BCUT2D eigenvalue weighted by Crippen LogP contribution is 2.68. The van der Waals surface area contributed by atoms with E-state index in [1.165, 1.54) is 13.8 Å². The Labute approximate surface area is 187 Å². The number of carbonyl (C=O) groups is 4. The van der Waals surface area contributed by atoms with Crippen molar-refractivity contribution in [3.05, 3.63) is 12.2 Å². The summed E-state index contributed by atoms with van der Waals surface area (Å²) in [7, 11) is 0. The molecule has 0 aromatic carbocycles. The first kappa shape index (κ1) is 23.1. The summed E-state index contributed by atoms with van der Waals surface area (Å²) in [5.41, 5.74) is -2.65. The first-order chi connectivity index (χ1) is 14.9. The highest BCUT2D eigenvalue weighted by Gasteiger charge is 2.76. The van der Waals surface area contributed by atoms with Gasteiger partial charge in [-0.1, -0.05) is 20.4 Å². The third kappa shape index (κ3) is 3.02. The Morgan fingerprint density at radius 2 is 1.84 bits per heavy atom. The zero-order valence-electron chi connectivity index (χ0n) is 19.1. The Balaban J connectivity index is 1.93. The average molecular weight is 449 g/mol. The minimum Gasteiger partial charge on any atom is -0.466 e. The molecule has 1 N–H and O–H groups in total. The predicted molar refractivity (Wildman–Crippen MR) is 111 cm³/mol. The number of carbonyl (C=O) groups excluding carboxylic acids is 4. The van der Waals surface area contributed by atoms with E-state index in [9.17, 15) is 24.3 Å². The molecule has 2 bridgehead atoms. The maximum atomic E-state index is 13.5. The molecular weight excluding hydrogens is 416 g/mol. The van der Waals surface area contributed by atoms with Gasteiger partial charge in [0, 0.05) is 37.5 Å². The second-order valence-electron chi connectivity index (χ2n) is 10.7. The van der Waals surface area contributed by atoms with Crippen molar-refractivity contribution >= 4 is 23.5 Å². The molecule has 0 unspecified atom stereocenters. The van der Waals surface area contributed by atoms with E-state index in [1.807, 2.05) is 13.8 Å². The Kier molecular flexibility index (Phi) is 5.41. The van der Waals surface area contributed by atoms with Gasteiger partial charge in [0.2, 0.25) is 0 Å². The summed E-state index contributed by atoms with van der Waals surface area (Å²) in [6.07, 6.45) is -1.08. The molecule has 4 rings (SSSR count). The number of ketones is 2. The lowest BCUT2D eigenvalue weighted by Crippen LogP contribution is -2.72. The number of Topliss-reactive ketones (excluding diaryl/α,β-unsaturated/α-hetero) is 2. The number of fused-ring (bicyclic) bond motifs is 3. The van der Waals surface area contributed by atoms with Gasteiger partial charge in [0.25, 0.3) is 0 Å². The Morgan fingerprint density at radius 3 is 2.47 bits per heavy atom. The second-order valence-corrected chi connectivity index (χ2v) is 10.7. The second kappa shape index (κ2) is 7.48. The van der Waals surface area contributed by atoms with Crippen molar-refractivity contribution < 1.29 is 38.5 Å². The van der Waals surface area contributed by atoms with Crippen molar-refractivity contribution in [1.29, 1.82) is 0 Å². The summed E-state index contributed by atoms with van der Waals surface area (Å²) in [6.45, 7) is 10.7. The number of aliphatic hydroxyl groups excluding tert-OH is 1. The third-order valence-electron chi connectivity index (χ3n) is 8.47. The lowest BCUT2D eigenvalue weighted by Gasteiger charge is -2.64. The van der Waals surface area contributed by atoms with Gasteiger partial charge in [-0.15, -0.1) is 0 Å². The molecule has 0 amide bonds. The maximum absolute atomic E-state index is 13.5. The molecule has 1 spiro atoms. The first-order valence-corrected chi connectivity index (χ1v) is 11.2. The summed E-state index contributed by atoms with van der Waals surface area (Å²) in [4.78, 5) is 50.7. The molecular formula is C24H32O8. The number of esters is 2. The zero-order valence-corrected chi connectivity index (χ0v) is 19.1. The monoisotopic (exact) mass is 448 g/mol. The van der Waals surface area contributed by atoms with Crippen molar-refractivity contribution in [1.82, 2.24) is 0 Å². The highest BCUT2D eigenvalue weighted by molar-refractivity contribution is 6.17. The van der Waals surface area contributed by atoms with Crippen LogP contribution in [-0.2, 0) is 33.4 Å². The van der Waals surface area contributed by atoms with Crippen LogP contribution in [0.25, 0.3) is 0 Å². The fourth-order valence-electron chi connectivity index (χ4n) is 7.19. The van der Waals surface area contributed by atoms with Crippen LogP contribution in [0.2, 0.25) is 0 Å². The zero-order chi connectivity index (χ0) is 23.6. The van der Waals surface area contributed by atoms with Crippen molar-refractivity contribution in [3.63, 3.8) is 0 Å². The number of rotatable bonds is 4. The molecule has 1 aliphatic heterocycles. The van der Waals surface area contributed by atoms with Crippen molar-refractivity contribution in [3.8, 4) is 0 Å². The molecule has 4 aliphatic rings. The standard InChI is InChI=1S/C24H32O8/c1-12-15-6-16(27)20-23(8-15,21(12)29)18(28)7-19-24(20,11-31-14(3)26)17(9-30-13(2)25)22(4,5)10-32-19/h15-17,19-20,27H,1,6-11H2,2-5H3/t15-,16+,17-,19-,20-,23+,24+/m1/s1. The smallest absolute Gasteiger partial charge is 0.302 e. The Bertz CT molecular complexity index is 890. The number of hydrogen-bond donors (Lipinski definition) is 1. The number of allylic oxidation sites excluding steroid dienone is 1. The third-order valence-corrected chi connectivity index (χ3v) is 8.47. The van der Waals surface area contributed by atoms with E-state index in [4.69, 9.17) is 14.2 Å². The number of hydrogen-bond acceptors (Lipinski definition) is 8. The van der Waals surface area contributed by atoms with Crippen LogP contribution in [0.15, 0.2) is 12.2 Å². The highest BCUT2D eigenvalue weighted by atomic mass is 16.5. The van der Waals surface area contributed by atoms with Crippen LogP contribution in [0, 0.1) is 34.0 Å². The number of ether oxygens (including phenoxy) is 3. The molecule has 32 heavy (non-hydrogen) atoms. The van der Waals surface area contributed by atoms with E-state index in [0.29, 0.717) is 25.0 Å². The van der Waals surface area contributed by atoms with E-state index in [2.05, 4.69) is 6.58 Å². The quantitative estimate of drug-likeness (QED) is 0.392. The molecule has 3 aliphatic carbocycles. The van der Waals surface area contributed by atoms with Crippen LogP contribution in [0.1, 0.15) is 47.0 Å². The molecule has 0 radical (unpaired) electrons. The molecule has 8 heteroatoms. The van der Waals surface area contributed by atoms with E-state index >= 15 is 0 Å². The van der Waals surface area contributed by atoms with E-state index in [0.717, 1.165) is 0 Å². The van der Waals surface area contributed by atoms with Gasteiger partial charge in [-0.05, 0) is 29.7 Å². The lowest BCUT2D eigenvalue weighted by molar-refractivity contribution is -0.274. The molecule has 1 saturated heterocycles. The van der Waals surface area contributed by atoms with E-state index < -0.39 is 52.2 Å². The molecule has 8 nitrogen and oxygen atoms in total. The maximum Gasteiger partial charge on any atom is 0.302 e. The topological polar surface area (TPSA) is 116 Å². The average Bonchev–Trinajstić information content (AvgIpc) is 2.89. The molecule has 0 aromatic heterocycles. The molecule has 4 fully saturated rings. The van der Waals surface area contributed by atoms with Gasteiger partial charge in [-0.3, -0.25) is 19.2 Å². The minimum atomic E-state index is -1.42. The van der Waals surface area contributed by atoms with Crippen LogP contribution >= 0.6 is 0 Å². The molecule has 7 atom stereocenters. The van der Waals surface area contributed by atoms with Crippen LogP contribution in [0.3, 0.4) is 0 Å². The van der Waals surface area contributed by atoms with Crippen molar-refractivity contribution in [2.75, 3.05) is 19.8 Å². The van der Waals surface area contributed by atoms with Gasteiger partial charge < -0.3 is 19.3 Å². The summed E-state index contributed by atoms with van der Waals surface area (Å²) in [5, 5.41) is 11.4. The van der Waals surface area contributed by atoms with Crippen LogP contribution in [0.5, 0.6) is 0 Å². The number of aliphatic hydroxyl groups is 1. The normalized spacial score (nSPS) is 42.2. The SMILES string of the molecule is C=C1C(=O)[C@]23C[C@H]1C[C@H](O)[C@H]2[C@@]1(COC(C)=O)[C@H](COC(C)=O)C(C)(C)CO[C@@H]1CC3=O. The van der Waals surface area contributed by atoms with Crippen LogP contribution in [0.4, 0.5) is 0 Å². The summed E-state index contributed by atoms with van der Waals surface area (Å²) in [5.74, 6) is -3.02. The fourth-order valence-corrected chi connectivity index (χ4v) is 7.19. The predicted octanol–water partition coefficient (Wildman–Crippen LogP) is 1.63. The van der Waals surface area contributed by atoms with Crippen LogP contribution < -0.4 is 0 Å². The van der Waals surface area contributed by atoms with Gasteiger partial charge in [0.1, 0.15) is 12.4 Å². The fraction of sp³-hybridized carbons (Fsp3) is 0.750. The van der Waals surface area contributed by atoms with Crippen molar-refractivity contribution in [2.24, 2.45) is 34.0 Å². The van der Waals surface area contributed by atoms with E-state index in [-0.39, 0.29) is 37.1 Å². The minimum absolute atomic E-state index is 0.00944. The summed E-state index contributed by atoms with van der Waals surface area (Å²) >= 11 is 0. The van der Waals surface area contributed by atoms with E-state index in [1.54, 1.807) is 0 Å². The van der Waals surface area contributed by atoms with Gasteiger partial charge >= 0.3 is 11.9 Å². The van der Waals surface area contributed by atoms with Gasteiger partial charge in [0.15, 0.2) is 5.78 Å². The Morgan fingerprint density at radius 1 is 1.19 bits per heavy atom. The molecule has 3 saturated carbocycles. The van der Waals surface area contributed by atoms with Gasteiger partial charge in [0.05, 0.1) is 30.8 Å². The lowest BCUT2D eigenvalue weighted by atomic mass is 9.42. The molecule has 176 valence electrons. The molecule has 1 heterocycles. The molecule has 0 aromatic rings. The summed E-state index contributed by atoms with van der Waals surface area (Å²) < 4.78 is 17.2. The summed E-state index contributed by atoms with van der Waals surface area (Å²) in [6, 6.07) is 0. The van der Waals surface area contributed by atoms with Crippen molar-refractivity contribution in [2.45, 2.75) is 59.2 Å². The van der Waals surface area contributed by atoms with Gasteiger partial charge in [-0.2, -0.15) is 0 Å². The van der Waals surface area contributed by atoms with Gasteiger partial charge in [-0.25, -0.2) is 0 Å². The first-order valence-electron chi connectivity index (χ1n) is 11.2. The Hall–Kier alpha value is -2.06. The van der Waals surface area contributed by atoms with Crippen LogP contribution in [-0.4, -0.2) is 60.6 Å².